The number of hydrogen-bond acceptors (Lipinski definition) is 7. The summed E-state index contributed by atoms with van der Waals surface area (Å²) in [5.74, 6) is -1.61. The van der Waals surface area contributed by atoms with Crippen LogP contribution in [0, 0.1) is 5.92 Å². The van der Waals surface area contributed by atoms with Gasteiger partial charge in [0.2, 0.25) is 0 Å². The van der Waals surface area contributed by atoms with E-state index >= 15 is 0 Å². The van der Waals surface area contributed by atoms with Gasteiger partial charge in [0.05, 0.1) is 29.8 Å². The van der Waals surface area contributed by atoms with E-state index in [1.165, 1.54) is 12.1 Å². The van der Waals surface area contributed by atoms with E-state index in [0.717, 1.165) is 11.1 Å². The second-order valence-corrected chi connectivity index (χ2v) is 8.60. The lowest BCUT2D eigenvalue weighted by Crippen LogP contribution is -2.46. The van der Waals surface area contributed by atoms with E-state index in [0.29, 0.717) is 5.75 Å². The summed E-state index contributed by atoms with van der Waals surface area (Å²) in [6, 6.07) is 13.7. The van der Waals surface area contributed by atoms with Gasteiger partial charge in [0.1, 0.15) is 5.75 Å². The van der Waals surface area contributed by atoms with Crippen molar-refractivity contribution < 1.29 is 33.1 Å². The predicted octanol–water partition coefficient (Wildman–Crippen LogP) is 2.15. The molecule has 1 aliphatic rings. The molecule has 8 nitrogen and oxygen atoms in total. The Kier molecular flexibility index (Phi) is 5.99. The Balaban J connectivity index is 1.90. The number of carbonyl (C=O) groups excluding carboxylic acids is 1. The number of amides is 1. The molecule has 1 fully saturated rings. The molecule has 0 aliphatic carbocycles. The fourth-order valence-electron chi connectivity index (χ4n) is 3.28. The zero-order valence-electron chi connectivity index (χ0n) is 15.2. The fourth-order valence-corrected chi connectivity index (χ4v) is 5.18. The summed E-state index contributed by atoms with van der Waals surface area (Å²) in [6.07, 6.45) is 0.0875. The minimum Gasteiger partial charge on any atom is -0.497 e. The number of carbonyl (C=O) groups is 1. The lowest BCUT2D eigenvalue weighted by molar-refractivity contribution is -0.289. The first kappa shape index (κ1) is 20.3. The summed E-state index contributed by atoms with van der Waals surface area (Å²) < 4.78 is 36.5. The smallest absolute Gasteiger partial charge is 0.279 e. The Morgan fingerprint density at radius 3 is 2.50 bits per heavy atom. The average molecular weight is 407 g/mol. The Morgan fingerprint density at radius 1 is 1.14 bits per heavy atom. The molecule has 2 unspecified atom stereocenters. The summed E-state index contributed by atoms with van der Waals surface area (Å²) in [6.45, 7) is -0.0192. The molecular formula is C19H21NO7S. The van der Waals surface area contributed by atoms with Crippen molar-refractivity contribution >= 4 is 15.7 Å². The SMILES string of the molecule is COc1cccc(-c2ccc(S(=O)(=O)C3CCOCC3C(=O)N(O)O)cc2)c1. The number of methoxy groups -OCH3 is 1. The van der Waals surface area contributed by atoms with Crippen molar-refractivity contribution in [3.8, 4) is 16.9 Å². The molecule has 1 heterocycles. The monoisotopic (exact) mass is 407 g/mol. The van der Waals surface area contributed by atoms with Crippen molar-refractivity contribution in [2.24, 2.45) is 5.92 Å². The third-order valence-corrected chi connectivity index (χ3v) is 7.08. The summed E-state index contributed by atoms with van der Waals surface area (Å²) in [4.78, 5) is 12.0. The van der Waals surface area contributed by atoms with Crippen LogP contribution in [0.2, 0.25) is 0 Å². The molecule has 0 radical (unpaired) electrons. The third kappa shape index (κ3) is 4.02. The van der Waals surface area contributed by atoms with Gasteiger partial charge in [0.25, 0.3) is 5.91 Å². The lowest BCUT2D eigenvalue weighted by atomic mass is 10.0. The highest BCUT2D eigenvalue weighted by Gasteiger charge is 2.42. The molecule has 150 valence electrons. The summed E-state index contributed by atoms with van der Waals surface area (Å²) in [7, 11) is -2.31. The molecular weight excluding hydrogens is 386 g/mol. The number of nitrogens with zero attached hydrogens (tertiary/aromatic N) is 1. The molecule has 3 rings (SSSR count). The van der Waals surface area contributed by atoms with Crippen molar-refractivity contribution in [2.75, 3.05) is 20.3 Å². The van der Waals surface area contributed by atoms with Crippen LogP contribution in [0.25, 0.3) is 11.1 Å². The molecule has 9 heteroatoms. The van der Waals surface area contributed by atoms with Crippen LogP contribution in [-0.4, -0.2) is 55.5 Å². The van der Waals surface area contributed by atoms with Gasteiger partial charge in [-0.2, -0.15) is 0 Å². The van der Waals surface area contributed by atoms with Gasteiger partial charge >= 0.3 is 0 Å². The standard InChI is InChI=1S/C19H21NO7S/c1-26-15-4-2-3-14(11-15)13-5-7-16(8-6-13)28(24,25)18-9-10-27-12-17(18)19(21)20(22)23/h2-8,11,17-18,22-23H,9-10,12H2,1H3. The number of benzene rings is 2. The summed E-state index contributed by atoms with van der Waals surface area (Å²) in [5.41, 5.74) is 1.69. The first-order valence-corrected chi connectivity index (χ1v) is 10.2. The van der Waals surface area contributed by atoms with E-state index in [4.69, 9.17) is 19.9 Å². The maximum atomic E-state index is 13.1. The third-order valence-electron chi connectivity index (χ3n) is 4.79. The van der Waals surface area contributed by atoms with Gasteiger partial charge in [-0.1, -0.05) is 29.5 Å². The highest BCUT2D eigenvalue weighted by molar-refractivity contribution is 7.92. The topological polar surface area (TPSA) is 113 Å². The molecule has 1 amide bonds. The van der Waals surface area contributed by atoms with Gasteiger partial charge in [-0.25, -0.2) is 8.42 Å². The zero-order chi connectivity index (χ0) is 20.3. The first-order valence-electron chi connectivity index (χ1n) is 8.62. The molecule has 0 saturated carbocycles. The minimum atomic E-state index is -3.88. The van der Waals surface area contributed by atoms with Crippen molar-refractivity contribution in [3.63, 3.8) is 0 Å². The van der Waals surface area contributed by atoms with Crippen LogP contribution >= 0.6 is 0 Å². The summed E-state index contributed by atoms with van der Waals surface area (Å²) >= 11 is 0. The van der Waals surface area contributed by atoms with Gasteiger partial charge in [-0.15, -0.1) is 0 Å². The van der Waals surface area contributed by atoms with Crippen LogP contribution in [0.4, 0.5) is 0 Å². The first-order chi connectivity index (χ1) is 13.3. The molecule has 1 aliphatic heterocycles. The molecule has 2 aromatic rings. The molecule has 0 spiro atoms. The van der Waals surface area contributed by atoms with E-state index < -0.39 is 32.1 Å². The quantitative estimate of drug-likeness (QED) is 0.577. The van der Waals surface area contributed by atoms with Gasteiger partial charge in [0, 0.05) is 6.61 Å². The maximum absolute atomic E-state index is 13.1. The second kappa shape index (κ2) is 8.27. The van der Waals surface area contributed by atoms with Crippen LogP contribution in [0.15, 0.2) is 53.4 Å². The number of sulfone groups is 1. The molecule has 0 aromatic heterocycles. The van der Waals surface area contributed by atoms with E-state index in [2.05, 4.69) is 0 Å². The Morgan fingerprint density at radius 2 is 1.86 bits per heavy atom. The fraction of sp³-hybridized carbons (Fsp3) is 0.316. The number of rotatable bonds is 5. The Labute approximate surface area is 162 Å². The van der Waals surface area contributed by atoms with Crippen molar-refractivity contribution in [3.05, 3.63) is 48.5 Å². The van der Waals surface area contributed by atoms with Crippen LogP contribution < -0.4 is 4.74 Å². The van der Waals surface area contributed by atoms with E-state index in [9.17, 15) is 13.2 Å². The van der Waals surface area contributed by atoms with E-state index in [1.807, 2.05) is 24.3 Å². The zero-order valence-corrected chi connectivity index (χ0v) is 16.0. The van der Waals surface area contributed by atoms with Gasteiger partial charge in [-0.05, 0) is 41.8 Å². The number of ether oxygens (including phenoxy) is 2. The van der Waals surface area contributed by atoms with Crippen LogP contribution in [0.5, 0.6) is 5.75 Å². The molecule has 2 aromatic carbocycles. The molecule has 2 atom stereocenters. The molecule has 2 N–H and O–H groups in total. The second-order valence-electron chi connectivity index (χ2n) is 6.44. The van der Waals surface area contributed by atoms with Crippen molar-refractivity contribution in [1.82, 2.24) is 5.23 Å². The van der Waals surface area contributed by atoms with Crippen molar-refractivity contribution in [1.29, 1.82) is 0 Å². The van der Waals surface area contributed by atoms with E-state index in [1.54, 1.807) is 19.2 Å². The summed E-state index contributed by atoms with van der Waals surface area (Å²) in [5, 5.41) is 16.3. The normalized spacial score (nSPS) is 19.8. The number of hydrogen-bond donors (Lipinski definition) is 2. The van der Waals surface area contributed by atoms with Crippen LogP contribution in [0.1, 0.15) is 6.42 Å². The average Bonchev–Trinajstić information content (AvgIpc) is 2.73. The van der Waals surface area contributed by atoms with Gasteiger partial charge < -0.3 is 9.47 Å². The maximum Gasteiger partial charge on any atom is 0.279 e. The highest BCUT2D eigenvalue weighted by Crippen LogP contribution is 2.31. The van der Waals surface area contributed by atoms with Crippen LogP contribution in [0.3, 0.4) is 0 Å². The largest absolute Gasteiger partial charge is 0.497 e. The van der Waals surface area contributed by atoms with Crippen LogP contribution in [-0.2, 0) is 19.4 Å². The number of hydroxylamine groups is 2. The highest BCUT2D eigenvalue weighted by atomic mass is 32.2. The van der Waals surface area contributed by atoms with Gasteiger partial charge in [0.15, 0.2) is 9.84 Å². The van der Waals surface area contributed by atoms with Gasteiger partial charge in [-0.3, -0.25) is 15.2 Å². The molecule has 0 bridgehead atoms. The van der Waals surface area contributed by atoms with E-state index in [-0.39, 0.29) is 24.5 Å². The minimum absolute atomic E-state index is 0.0614. The molecule has 28 heavy (non-hydrogen) atoms. The molecule has 1 saturated heterocycles. The Bertz CT molecular complexity index is 941. The Hall–Kier alpha value is -2.46. The van der Waals surface area contributed by atoms with Crippen molar-refractivity contribution in [2.45, 2.75) is 16.6 Å². The lowest BCUT2D eigenvalue weighted by Gasteiger charge is -2.30. The predicted molar refractivity (Wildman–Crippen MR) is 98.7 cm³/mol.